The van der Waals surface area contributed by atoms with Crippen LogP contribution in [0.15, 0.2) is 91.0 Å². The quantitative estimate of drug-likeness (QED) is 0.0952. The third-order valence-corrected chi connectivity index (χ3v) is 12.3. The third kappa shape index (κ3) is 7.05. The van der Waals surface area contributed by atoms with Crippen molar-refractivity contribution in [2.45, 2.75) is 111 Å². The minimum Gasteiger partial charge on any atom is -0.309 e. The molecule has 2 heterocycles. The van der Waals surface area contributed by atoms with Gasteiger partial charge in [-0.1, -0.05) is 107 Å². The molecule has 0 amide bonds. The minimum absolute atomic E-state index is 0.279. The van der Waals surface area contributed by atoms with E-state index in [0.29, 0.717) is 49.7 Å². The number of fused-ring (bicyclic) bond motifs is 6. The van der Waals surface area contributed by atoms with Crippen LogP contribution in [0.1, 0.15) is 111 Å². The summed E-state index contributed by atoms with van der Waals surface area (Å²) in [4.78, 5) is 0. The molecule has 8 rings (SSSR count). The molecule has 0 saturated heterocycles. The van der Waals surface area contributed by atoms with Gasteiger partial charge in [0.05, 0.1) is 33.4 Å². The number of alkyl halides is 3. The molecule has 62 heavy (non-hydrogen) atoms. The number of hydrogen-bond acceptors (Lipinski definition) is 0. The average molecular weight is 849 g/mol. The van der Waals surface area contributed by atoms with Crippen LogP contribution in [0.4, 0.5) is 30.7 Å². The Kier molecular flexibility index (Phi) is 9.71. The maximum atomic E-state index is 16.5. The third-order valence-electron chi connectivity index (χ3n) is 12.3. The van der Waals surface area contributed by atoms with Crippen molar-refractivity contribution in [1.29, 1.82) is 0 Å². The standard InChI is InChI=1S/C53H51F7N2/c1-49(2,3)29-13-17-39-34(23-29)35-24-30(50(4,5)6)14-18-40(35)61(39)43-21-28(33-27-38(54)47(56)48(57)46(33)55)22-44(45(43)53(58,59)60)62-41-19-15-31(51(7,8)9)25-36(41)37-26-32(52(10,11)12)16-20-42(37)62/h13-27H,1-12H3. The van der Waals surface area contributed by atoms with Gasteiger partial charge in [0.25, 0.3) is 0 Å². The Morgan fingerprint density at radius 2 is 0.677 bits per heavy atom. The molecule has 0 saturated carbocycles. The van der Waals surface area contributed by atoms with E-state index < -0.39 is 51.9 Å². The number of rotatable bonds is 3. The van der Waals surface area contributed by atoms with Gasteiger partial charge in [0.1, 0.15) is 5.56 Å². The average Bonchev–Trinajstić information content (AvgIpc) is 3.67. The van der Waals surface area contributed by atoms with Gasteiger partial charge in [-0.25, -0.2) is 17.6 Å². The summed E-state index contributed by atoms with van der Waals surface area (Å²) in [5.74, 6) is -7.48. The molecule has 9 heteroatoms. The van der Waals surface area contributed by atoms with Crippen LogP contribution in [0.3, 0.4) is 0 Å². The molecule has 0 bridgehead atoms. The van der Waals surface area contributed by atoms with E-state index in [9.17, 15) is 4.39 Å². The summed E-state index contributed by atoms with van der Waals surface area (Å²) in [5.41, 5.74) is 1.54. The van der Waals surface area contributed by atoms with Crippen molar-refractivity contribution in [2.75, 3.05) is 0 Å². The largest absolute Gasteiger partial charge is 0.420 e. The Labute approximate surface area is 358 Å². The maximum Gasteiger partial charge on any atom is 0.420 e. The summed E-state index contributed by atoms with van der Waals surface area (Å²) in [5, 5.41) is 2.80. The first kappa shape index (κ1) is 43.1. The van der Waals surface area contributed by atoms with Crippen LogP contribution in [0.2, 0.25) is 0 Å². The first-order chi connectivity index (χ1) is 28.6. The van der Waals surface area contributed by atoms with Crippen molar-refractivity contribution in [3.8, 4) is 22.5 Å². The molecule has 8 aromatic rings. The minimum atomic E-state index is -5.04. The zero-order chi connectivity index (χ0) is 45.4. The van der Waals surface area contributed by atoms with E-state index in [2.05, 4.69) is 83.1 Å². The number of aromatic nitrogens is 2. The monoisotopic (exact) mass is 848 g/mol. The van der Waals surface area contributed by atoms with E-state index in [4.69, 9.17) is 0 Å². The van der Waals surface area contributed by atoms with E-state index in [1.165, 1.54) is 9.13 Å². The highest BCUT2D eigenvalue weighted by molar-refractivity contribution is 6.12. The van der Waals surface area contributed by atoms with Gasteiger partial charge >= 0.3 is 6.18 Å². The zero-order valence-corrected chi connectivity index (χ0v) is 37.2. The zero-order valence-electron chi connectivity index (χ0n) is 37.2. The summed E-state index contributed by atoms with van der Waals surface area (Å²) in [6.07, 6.45) is -5.04. The van der Waals surface area contributed by atoms with Crippen molar-refractivity contribution in [3.63, 3.8) is 0 Å². The van der Waals surface area contributed by atoms with Crippen molar-refractivity contribution in [3.05, 3.63) is 142 Å². The Morgan fingerprint density at radius 3 is 0.952 bits per heavy atom. The molecule has 0 aliphatic rings. The van der Waals surface area contributed by atoms with Crippen LogP contribution in [0, 0.1) is 23.3 Å². The van der Waals surface area contributed by atoms with E-state index in [-0.39, 0.29) is 27.2 Å². The lowest BCUT2D eigenvalue weighted by molar-refractivity contribution is -0.137. The lowest BCUT2D eigenvalue weighted by Gasteiger charge is -2.24. The van der Waals surface area contributed by atoms with Crippen LogP contribution in [0.25, 0.3) is 66.1 Å². The molecule has 2 nitrogen and oxygen atoms in total. The number of hydrogen-bond donors (Lipinski definition) is 0. The Morgan fingerprint density at radius 1 is 0.371 bits per heavy atom. The number of halogens is 7. The molecule has 0 spiro atoms. The fourth-order valence-corrected chi connectivity index (χ4v) is 8.63. The van der Waals surface area contributed by atoms with Crippen molar-refractivity contribution in [2.24, 2.45) is 0 Å². The first-order valence-electron chi connectivity index (χ1n) is 20.8. The van der Waals surface area contributed by atoms with Gasteiger partial charge in [0.15, 0.2) is 23.3 Å². The topological polar surface area (TPSA) is 9.86 Å². The van der Waals surface area contributed by atoms with E-state index >= 15 is 26.3 Å². The van der Waals surface area contributed by atoms with Gasteiger partial charge in [-0.15, -0.1) is 0 Å². The first-order valence-corrected chi connectivity index (χ1v) is 20.8. The van der Waals surface area contributed by atoms with Crippen LogP contribution < -0.4 is 0 Å². The van der Waals surface area contributed by atoms with Crippen molar-refractivity contribution >= 4 is 43.6 Å². The molecule has 0 aliphatic heterocycles. The summed E-state index contributed by atoms with van der Waals surface area (Å²) in [6, 6.07) is 25.4. The predicted octanol–water partition coefficient (Wildman–Crippen LogP) is 16.3. The Bertz CT molecular complexity index is 2820. The van der Waals surface area contributed by atoms with E-state index in [1.54, 1.807) is 24.3 Å². The fourth-order valence-electron chi connectivity index (χ4n) is 8.63. The van der Waals surface area contributed by atoms with Crippen LogP contribution in [-0.4, -0.2) is 9.13 Å². The SMILES string of the molecule is CC(C)(C)c1ccc2c(c1)c1cc(C(C)(C)C)ccc1n2-c1cc(-c2cc(F)c(F)c(F)c2F)cc(-n2c3ccc(C(C)(C)C)cc3c3cc(C(C)(C)C)ccc32)c1C(F)(F)F. The lowest BCUT2D eigenvalue weighted by atomic mass is 9.85. The highest BCUT2D eigenvalue weighted by Gasteiger charge is 2.40. The van der Waals surface area contributed by atoms with Crippen molar-refractivity contribution < 1.29 is 30.7 Å². The lowest BCUT2D eigenvalue weighted by Crippen LogP contribution is -2.16. The summed E-state index contributed by atoms with van der Waals surface area (Å²) >= 11 is 0. The fraction of sp³-hybridized carbons (Fsp3) is 0.321. The Balaban J connectivity index is 1.62. The molecular weight excluding hydrogens is 798 g/mol. The van der Waals surface area contributed by atoms with Gasteiger partial charge in [-0.2, -0.15) is 13.2 Å². The molecule has 0 radical (unpaired) electrons. The van der Waals surface area contributed by atoms with Crippen molar-refractivity contribution in [1.82, 2.24) is 9.13 Å². The molecule has 6 aromatic carbocycles. The second-order valence-electron chi connectivity index (χ2n) is 20.8. The Hall–Kier alpha value is -5.57. The van der Waals surface area contributed by atoms with E-state index in [1.807, 2.05) is 48.5 Å². The summed E-state index contributed by atoms with van der Waals surface area (Å²) in [7, 11) is 0. The van der Waals surface area contributed by atoms with Crippen LogP contribution in [-0.2, 0) is 27.8 Å². The highest BCUT2D eigenvalue weighted by atomic mass is 19.4. The van der Waals surface area contributed by atoms with E-state index in [0.717, 1.165) is 34.4 Å². The molecular formula is C53H51F7N2. The van der Waals surface area contributed by atoms with Gasteiger partial charge in [-0.05, 0) is 116 Å². The highest BCUT2D eigenvalue weighted by Crippen LogP contribution is 2.48. The normalized spacial score (nSPS) is 13.4. The molecule has 0 N–H and O–H groups in total. The maximum absolute atomic E-state index is 16.5. The van der Waals surface area contributed by atoms with Crippen LogP contribution >= 0.6 is 0 Å². The van der Waals surface area contributed by atoms with Crippen LogP contribution in [0.5, 0.6) is 0 Å². The van der Waals surface area contributed by atoms with Gasteiger partial charge in [-0.3, -0.25) is 0 Å². The molecule has 0 fully saturated rings. The smallest absolute Gasteiger partial charge is 0.309 e. The van der Waals surface area contributed by atoms with Gasteiger partial charge in [0.2, 0.25) is 0 Å². The number of nitrogens with zero attached hydrogens (tertiary/aromatic N) is 2. The molecule has 322 valence electrons. The number of benzene rings is 6. The summed E-state index contributed by atoms with van der Waals surface area (Å²) < 4.78 is 113. The molecule has 0 unspecified atom stereocenters. The second kappa shape index (κ2) is 14.0. The molecule has 0 aliphatic carbocycles. The molecule has 0 atom stereocenters. The summed E-state index contributed by atoms with van der Waals surface area (Å²) in [6.45, 7) is 24.7. The predicted molar refractivity (Wildman–Crippen MR) is 240 cm³/mol. The second-order valence-corrected chi connectivity index (χ2v) is 20.8. The molecule has 2 aromatic heterocycles. The van der Waals surface area contributed by atoms with Gasteiger partial charge < -0.3 is 9.13 Å². The van der Waals surface area contributed by atoms with Gasteiger partial charge in [0, 0.05) is 27.1 Å².